The SMILES string of the molecule is CNC(=O)c1ccc(CNC2CCN(C(C)C)C2)cc1. The van der Waals surface area contributed by atoms with Gasteiger partial charge < -0.3 is 10.6 Å². The number of likely N-dealkylation sites (tertiary alicyclic amines) is 1. The fraction of sp³-hybridized carbons (Fsp3) is 0.562. The summed E-state index contributed by atoms with van der Waals surface area (Å²) in [7, 11) is 1.65. The van der Waals surface area contributed by atoms with E-state index >= 15 is 0 Å². The van der Waals surface area contributed by atoms with Crippen LogP contribution in [0.5, 0.6) is 0 Å². The van der Waals surface area contributed by atoms with Gasteiger partial charge in [0, 0.05) is 37.8 Å². The zero-order valence-electron chi connectivity index (χ0n) is 12.6. The van der Waals surface area contributed by atoms with Crippen LogP contribution in [-0.2, 0) is 6.54 Å². The van der Waals surface area contributed by atoms with E-state index in [-0.39, 0.29) is 5.91 Å². The molecule has 110 valence electrons. The fourth-order valence-electron chi connectivity index (χ4n) is 2.60. The number of carbonyl (C=O) groups excluding carboxylic acids is 1. The fourth-order valence-corrected chi connectivity index (χ4v) is 2.60. The molecule has 1 atom stereocenters. The molecule has 1 aliphatic heterocycles. The second-order valence-electron chi connectivity index (χ2n) is 5.73. The van der Waals surface area contributed by atoms with Gasteiger partial charge in [-0.15, -0.1) is 0 Å². The van der Waals surface area contributed by atoms with Crippen LogP contribution in [-0.4, -0.2) is 43.0 Å². The van der Waals surface area contributed by atoms with Crippen LogP contribution in [0.15, 0.2) is 24.3 Å². The van der Waals surface area contributed by atoms with Crippen molar-refractivity contribution in [3.8, 4) is 0 Å². The Morgan fingerprint density at radius 3 is 2.60 bits per heavy atom. The number of hydrogen-bond donors (Lipinski definition) is 2. The van der Waals surface area contributed by atoms with Gasteiger partial charge in [0.05, 0.1) is 0 Å². The van der Waals surface area contributed by atoms with Gasteiger partial charge in [-0.3, -0.25) is 9.69 Å². The largest absolute Gasteiger partial charge is 0.355 e. The van der Waals surface area contributed by atoms with E-state index in [2.05, 4.69) is 29.4 Å². The first-order valence-electron chi connectivity index (χ1n) is 7.38. The lowest BCUT2D eigenvalue weighted by atomic mass is 10.1. The highest BCUT2D eigenvalue weighted by Crippen LogP contribution is 2.13. The summed E-state index contributed by atoms with van der Waals surface area (Å²) in [5.41, 5.74) is 1.93. The summed E-state index contributed by atoms with van der Waals surface area (Å²) in [6.07, 6.45) is 1.22. The topological polar surface area (TPSA) is 44.4 Å². The summed E-state index contributed by atoms with van der Waals surface area (Å²) in [5.74, 6) is -0.0344. The highest BCUT2D eigenvalue weighted by molar-refractivity contribution is 5.93. The molecule has 2 rings (SSSR count). The van der Waals surface area contributed by atoms with E-state index in [0.29, 0.717) is 17.6 Å². The molecule has 4 nitrogen and oxygen atoms in total. The van der Waals surface area contributed by atoms with Crippen molar-refractivity contribution in [3.05, 3.63) is 35.4 Å². The Morgan fingerprint density at radius 1 is 1.35 bits per heavy atom. The molecule has 1 aromatic rings. The summed E-state index contributed by atoms with van der Waals surface area (Å²) in [6.45, 7) is 7.68. The molecule has 2 N–H and O–H groups in total. The summed E-state index contributed by atoms with van der Waals surface area (Å²) >= 11 is 0. The summed E-state index contributed by atoms with van der Waals surface area (Å²) in [5, 5.41) is 6.24. The molecule has 1 heterocycles. The normalized spacial score (nSPS) is 19.5. The first-order valence-corrected chi connectivity index (χ1v) is 7.38. The maximum atomic E-state index is 11.5. The van der Waals surface area contributed by atoms with Crippen molar-refractivity contribution in [3.63, 3.8) is 0 Å². The first kappa shape index (κ1) is 15.0. The standard InChI is InChI=1S/C16H25N3O/c1-12(2)19-9-8-15(11-19)18-10-13-4-6-14(7-5-13)16(20)17-3/h4-7,12,15,18H,8-11H2,1-3H3,(H,17,20). The summed E-state index contributed by atoms with van der Waals surface area (Å²) in [4.78, 5) is 14.0. The van der Waals surface area contributed by atoms with Crippen LogP contribution >= 0.6 is 0 Å². The molecule has 1 saturated heterocycles. The Morgan fingerprint density at radius 2 is 2.05 bits per heavy atom. The Hall–Kier alpha value is -1.39. The van der Waals surface area contributed by atoms with E-state index in [1.807, 2.05) is 24.3 Å². The van der Waals surface area contributed by atoms with Crippen molar-refractivity contribution in [2.24, 2.45) is 0 Å². The van der Waals surface area contributed by atoms with Crippen LogP contribution < -0.4 is 10.6 Å². The predicted molar refractivity (Wildman–Crippen MR) is 81.8 cm³/mol. The van der Waals surface area contributed by atoms with Crippen LogP contribution in [0.25, 0.3) is 0 Å². The smallest absolute Gasteiger partial charge is 0.251 e. The van der Waals surface area contributed by atoms with Crippen molar-refractivity contribution >= 4 is 5.91 Å². The molecule has 1 fully saturated rings. The monoisotopic (exact) mass is 275 g/mol. The van der Waals surface area contributed by atoms with E-state index in [1.165, 1.54) is 18.5 Å². The number of nitrogens with zero attached hydrogens (tertiary/aromatic N) is 1. The minimum absolute atomic E-state index is 0.0344. The molecule has 1 aliphatic rings. The van der Waals surface area contributed by atoms with Gasteiger partial charge in [0.1, 0.15) is 0 Å². The molecule has 0 aromatic heterocycles. The quantitative estimate of drug-likeness (QED) is 0.858. The first-order chi connectivity index (χ1) is 9.60. The van der Waals surface area contributed by atoms with E-state index in [9.17, 15) is 4.79 Å². The molecule has 20 heavy (non-hydrogen) atoms. The van der Waals surface area contributed by atoms with Gasteiger partial charge in [-0.2, -0.15) is 0 Å². The molecule has 1 aromatic carbocycles. The van der Waals surface area contributed by atoms with E-state index in [1.54, 1.807) is 7.05 Å². The number of carbonyl (C=O) groups is 1. The highest BCUT2D eigenvalue weighted by atomic mass is 16.1. The van der Waals surface area contributed by atoms with Crippen molar-refractivity contribution in [1.82, 2.24) is 15.5 Å². The van der Waals surface area contributed by atoms with Gasteiger partial charge in [-0.25, -0.2) is 0 Å². The summed E-state index contributed by atoms with van der Waals surface area (Å²) < 4.78 is 0. The van der Waals surface area contributed by atoms with Crippen LogP contribution in [0.1, 0.15) is 36.2 Å². The molecule has 0 bridgehead atoms. The number of benzene rings is 1. The molecule has 0 aliphatic carbocycles. The third-order valence-corrected chi connectivity index (χ3v) is 3.99. The van der Waals surface area contributed by atoms with Crippen molar-refractivity contribution in [2.75, 3.05) is 20.1 Å². The highest BCUT2D eigenvalue weighted by Gasteiger charge is 2.23. The Bertz CT molecular complexity index is 442. The zero-order chi connectivity index (χ0) is 14.5. The zero-order valence-corrected chi connectivity index (χ0v) is 12.6. The molecular weight excluding hydrogens is 250 g/mol. The lowest BCUT2D eigenvalue weighted by Crippen LogP contribution is -2.34. The maximum absolute atomic E-state index is 11.5. The average Bonchev–Trinajstić information content (AvgIpc) is 2.94. The van der Waals surface area contributed by atoms with Crippen LogP contribution in [0.2, 0.25) is 0 Å². The Labute approximate surface area is 121 Å². The predicted octanol–water partition coefficient (Wildman–Crippen LogP) is 1.62. The van der Waals surface area contributed by atoms with E-state index < -0.39 is 0 Å². The van der Waals surface area contributed by atoms with Crippen molar-refractivity contribution in [1.29, 1.82) is 0 Å². The minimum Gasteiger partial charge on any atom is -0.355 e. The van der Waals surface area contributed by atoms with Crippen molar-refractivity contribution < 1.29 is 4.79 Å². The molecule has 4 heteroatoms. The molecule has 0 radical (unpaired) electrons. The summed E-state index contributed by atoms with van der Waals surface area (Å²) in [6, 6.07) is 9.01. The molecule has 0 saturated carbocycles. The Balaban J connectivity index is 1.81. The molecule has 0 spiro atoms. The van der Waals surface area contributed by atoms with Gasteiger partial charge in [0.15, 0.2) is 0 Å². The van der Waals surface area contributed by atoms with Gasteiger partial charge in [0.2, 0.25) is 0 Å². The minimum atomic E-state index is -0.0344. The molecule has 1 unspecified atom stereocenters. The van der Waals surface area contributed by atoms with Gasteiger partial charge in [0.25, 0.3) is 5.91 Å². The van der Waals surface area contributed by atoms with E-state index in [4.69, 9.17) is 0 Å². The van der Waals surface area contributed by atoms with Crippen LogP contribution in [0, 0.1) is 0 Å². The van der Waals surface area contributed by atoms with Gasteiger partial charge in [-0.1, -0.05) is 12.1 Å². The van der Waals surface area contributed by atoms with Crippen molar-refractivity contribution in [2.45, 2.75) is 38.9 Å². The van der Waals surface area contributed by atoms with Crippen LogP contribution in [0.3, 0.4) is 0 Å². The molecular formula is C16H25N3O. The third kappa shape index (κ3) is 3.81. The number of nitrogens with one attached hydrogen (secondary N) is 2. The number of amides is 1. The van der Waals surface area contributed by atoms with E-state index in [0.717, 1.165) is 13.1 Å². The number of hydrogen-bond acceptors (Lipinski definition) is 3. The van der Waals surface area contributed by atoms with Crippen LogP contribution in [0.4, 0.5) is 0 Å². The third-order valence-electron chi connectivity index (χ3n) is 3.99. The lowest BCUT2D eigenvalue weighted by molar-refractivity contribution is 0.0963. The van der Waals surface area contributed by atoms with Gasteiger partial charge in [-0.05, 0) is 44.5 Å². The average molecular weight is 275 g/mol. The lowest BCUT2D eigenvalue weighted by Gasteiger charge is -2.20. The number of rotatable bonds is 5. The Kier molecular flexibility index (Phi) is 5.15. The maximum Gasteiger partial charge on any atom is 0.251 e. The second-order valence-corrected chi connectivity index (χ2v) is 5.73. The van der Waals surface area contributed by atoms with Gasteiger partial charge >= 0.3 is 0 Å². The second kappa shape index (κ2) is 6.86. The molecule has 1 amide bonds.